The van der Waals surface area contributed by atoms with Crippen molar-refractivity contribution in [2.75, 3.05) is 6.61 Å². The summed E-state index contributed by atoms with van der Waals surface area (Å²) in [4.78, 5) is -0.497. The summed E-state index contributed by atoms with van der Waals surface area (Å²) in [7, 11) is -4.23. The molecule has 0 aromatic heterocycles. The maximum absolute atomic E-state index is 12.9. The number of alkyl halides is 3. The summed E-state index contributed by atoms with van der Waals surface area (Å²) in [5.74, 6) is 0. The fourth-order valence-corrected chi connectivity index (χ4v) is 2.98. The van der Waals surface area contributed by atoms with Crippen molar-refractivity contribution in [3.63, 3.8) is 0 Å². The molecule has 23 heavy (non-hydrogen) atoms. The van der Waals surface area contributed by atoms with Gasteiger partial charge in [-0.1, -0.05) is 36.4 Å². The monoisotopic (exact) mass is 344 g/mol. The molecule has 0 fully saturated rings. The Morgan fingerprint density at radius 2 is 1.70 bits per heavy atom. The number of hydrogen-bond donors (Lipinski definition) is 0. The molecule has 0 bridgehead atoms. The first kappa shape index (κ1) is 17.5. The zero-order valence-corrected chi connectivity index (χ0v) is 13.1. The number of hydrogen-bond acceptors (Lipinski definition) is 3. The number of halogens is 3. The van der Waals surface area contributed by atoms with Crippen LogP contribution in [0, 0.1) is 6.92 Å². The summed E-state index contributed by atoms with van der Waals surface area (Å²) in [5, 5.41) is 0. The molecule has 0 aliphatic carbocycles. The summed E-state index contributed by atoms with van der Waals surface area (Å²) in [6.07, 6.45) is -4.27. The van der Waals surface area contributed by atoms with E-state index in [-0.39, 0.29) is 12.2 Å². The van der Waals surface area contributed by atoms with Gasteiger partial charge in [-0.05, 0) is 36.6 Å². The van der Waals surface area contributed by atoms with Gasteiger partial charge in [0.1, 0.15) is 0 Å². The fraction of sp³-hybridized carbons (Fsp3) is 0.250. The van der Waals surface area contributed by atoms with Crippen LogP contribution in [0.5, 0.6) is 0 Å². The molecule has 0 atom stereocenters. The Hall–Kier alpha value is -1.86. The van der Waals surface area contributed by atoms with Crippen molar-refractivity contribution >= 4 is 10.1 Å². The molecule has 0 spiro atoms. The van der Waals surface area contributed by atoms with Gasteiger partial charge in [0, 0.05) is 0 Å². The normalized spacial score (nSPS) is 12.3. The summed E-state index contributed by atoms with van der Waals surface area (Å²) in [5.41, 5.74) is -0.145. The molecule has 0 heterocycles. The molecule has 0 saturated heterocycles. The van der Waals surface area contributed by atoms with Crippen LogP contribution in [0.25, 0.3) is 0 Å². The highest BCUT2D eigenvalue weighted by Gasteiger charge is 2.33. The van der Waals surface area contributed by atoms with Gasteiger partial charge in [-0.15, -0.1) is 0 Å². The van der Waals surface area contributed by atoms with Crippen molar-refractivity contribution in [1.29, 1.82) is 0 Å². The summed E-state index contributed by atoms with van der Waals surface area (Å²) >= 11 is 0. The maximum Gasteiger partial charge on any atom is 0.416 e. The number of aryl methyl sites for hydroxylation is 1. The second-order valence-electron chi connectivity index (χ2n) is 4.99. The zero-order chi connectivity index (χ0) is 17.1. The smallest absolute Gasteiger partial charge is 0.266 e. The summed E-state index contributed by atoms with van der Waals surface area (Å²) < 4.78 is 67.4. The molecule has 0 saturated carbocycles. The lowest BCUT2D eigenvalue weighted by molar-refractivity contribution is -0.138. The molecule has 0 amide bonds. The van der Waals surface area contributed by atoms with E-state index in [1.54, 1.807) is 12.1 Å². The molecule has 7 heteroatoms. The number of rotatable bonds is 5. The lowest BCUT2D eigenvalue weighted by atomic mass is 10.1. The second kappa shape index (κ2) is 6.72. The minimum Gasteiger partial charge on any atom is -0.266 e. The number of benzene rings is 2. The van der Waals surface area contributed by atoms with Crippen molar-refractivity contribution in [3.05, 3.63) is 65.2 Å². The molecule has 0 aliphatic heterocycles. The summed E-state index contributed by atoms with van der Waals surface area (Å²) in [6, 6.07) is 11.9. The average molecular weight is 344 g/mol. The molecule has 0 unspecified atom stereocenters. The van der Waals surface area contributed by atoms with Gasteiger partial charge in [-0.3, -0.25) is 4.18 Å². The van der Waals surface area contributed by atoms with Gasteiger partial charge >= 0.3 is 6.18 Å². The van der Waals surface area contributed by atoms with Crippen LogP contribution in [-0.4, -0.2) is 15.0 Å². The summed E-state index contributed by atoms with van der Waals surface area (Å²) in [6.45, 7) is 1.14. The molecule has 3 nitrogen and oxygen atoms in total. The first-order chi connectivity index (χ1) is 10.7. The molecule has 0 radical (unpaired) electrons. The molecular formula is C16H15F3O3S. The highest BCUT2D eigenvalue weighted by Crippen LogP contribution is 2.33. The Balaban J connectivity index is 2.13. The lowest BCUT2D eigenvalue weighted by Crippen LogP contribution is -2.13. The van der Waals surface area contributed by atoms with Crippen molar-refractivity contribution in [2.45, 2.75) is 24.4 Å². The van der Waals surface area contributed by atoms with E-state index < -0.39 is 26.8 Å². The Labute approximate surface area is 132 Å². The Morgan fingerprint density at radius 3 is 2.30 bits per heavy atom. The molecule has 2 aromatic carbocycles. The Kier molecular flexibility index (Phi) is 5.11. The highest BCUT2D eigenvalue weighted by atomic mass is 32.2. The van der Waals surface area contributed by atoms with Crippen LogP contribution in [0.15, 0.2) is 53.4 Å². The lowest BCUT2D eigenvalue weighted by Gasteiger charge is -2.12. The van der Waals surface area contributed by atoms with Crippen LogP contribution in [0.2, 0.25) is 0 Å². The molecule has 124 valence electrons. The molecule has 0 N–H and O–H groups in total. The third kappa shape index (κ3) is 4.56. The topological polar surface area (TPSA) is 43.4 Å². The second-order valence-corrected chi connectivity index (χ2v) is 6.60. The van der Waals surface area contributed by atoms with Gasteiger partial charge in [0.15, 0.2) is 0 Å². The molecular weight excluding hydrogens is 329 g/mol. The first-order valence-electron chi connectivity index (χ1n) is 6.81. The third-order valence-electron chi connectivity index (χ3n) is 3.28. The largest absolute Gasteiger partial charge is 0.416 e. The van der Waals surface area contributed by atoms with Crippen LogP contribution >= 0.6 is 0 Å². The van der Waals surface area contributed by atoms with Gasteiger partial charge < -0.3 is 0 Å². The van der Waals surface area contributed by atoms with Crippen molar-refractivity contribution in [3.8, 4) is 0 Å². The fourth-order valence-electron chi connectivity index (χ4n) is 2.04. The van der Waals surface area contributed by atoms with Crippen LogP contribution < -0.4 is 0 Å². The average Bonchev–Trinajstić information content (AvgIpc) is 2.47. The maximum atomic E-state index is 12.9. The van der Waals surface area contributed by atoms with Crippen LogP contribution in [0.4, 0.5) is 13.2 Å². The quantitative estimate of drug-likeness (QED) is 0.771. The van der Waals surface area contributed by atoms with Gasteiger partial charge in [0.05, 0.1) is 17.1 Å². The van der Waals surface area contributed by atoms with E-state index >= 15 is 0 Å². The van der Waals surface area contributed by atoms with E-state index in [9.17, 15) is 21.6 Å². The van der Waals surface area contributed by atoms with Crippen molar-refractivity contribution in [2.24, 2.45) is 0 Å². The zero-order valence-electron chi connectivity index (χ0n) is 12.3. The highest BCUT2D eigenvalue weighted by molar-refractivity contribution is 7.86. The SMILES string of the molecule is Cc1ccc(S(=O)(=O)OCCc2ccccc2)cc1C(F)(F)F. The van der Waals surface area contributed by atoms with E-state index in [1.165, 1.54) is 6.92 Å². The van der Waals surface area contributed by atoms with Crippen molar-refractivity contribution in [1.82, 2.24) is 0 Å². The first-order valence-corrected chi connectivity index (χ1v) is 8.22. The van der Waals surface area contributed by atoms with Gasteiger partial charge in [0.2, 0.25) is 0 Å². The van der Waals surface area contributed by atoms with E-state index in [0.29, 0.717) is 12.5 Å². The third-order valence-corrected chi connectivity index (χ3v) is 4.58. The van der Waals surface area contributed by atoms with Gasteiger partial charge in [-0.25, -0.2) is 0 Å². The van der Waals surface area contributed by atoms with E-state index in [0.717, 1.165) is 17.7 Å². The van der Waals surface area contributed by atoms with Crippen LogP contribution in [0.1, 0.15) is 16.7 Å². The molecule has 2 rings (SSSR count). The van der Waals surface area contributed by atoms with Crippen molar-refractivity contribution < 1.29 is 25.8 Å². The Bertz CT molecular complexity index is 769. The predicted molar refractivity (Wildman–Crippen MR) is 79.5 cm³/mol. The standard InChI is InChI=1S/C16H15F3O3S/c1-12-7-8-14(11-15(12)16(17,18)19)23(20,21)22-10-9-13-5-3-2-4-6-13/h2-8,11H,9-10H2,1H3. The molecule has 2 aromatic rings. The molecule has 0 aliphatic rings. The van der Waals surface area contributed by atoms with E-state index in [4.69, 9.17) is 4.18 Å². The van der Waals surface area contributed by atoms with Gasteiger partial charge in [0.25, 0.3) is 10.1 Å². The minimum absolute atomic E-state index is 0.0410. The van der Waals surface area contributed by atoms with Crippen LogP contribution in [-0.2, 0) is 26.9 Å². The van der Waals surface area contributed by atoms with E-state index in [2.05, 4.69) is 0 Å². The van der Waals surface area contributed by atoms with E-state index in [1.807, 2.05) is 18.2 Å². The predicted octanol–water partition coefficient (Wildman–Crippen LogP) is 3.96. The van der Waals surface area contributed by atoms with Gasteiger partial charge in [-0.2, -0.15) is 21.6 Å². The Morgan fingerprint density at radius 1 is 1.04 bits per heavy atom. The van der Waals surface area contributed by atoms with Crippen LogP contribution in [0.3, 0.4) is 0 Å². The minimum atomic E-state index is -4.61.